The topological polar surface area (TPSA) is 82.5 Å². The third-order valence-corrected chi connectivity index (χ3v) is 1.84. The Morgan fingerprint density at radius 1 is 1.20 bits per heavy atom. The summed E-state index contributed by atoms with van der Waals surface area (Å²) in [6.45, 7) is 4.88. The average molecular weight is 211 g/mol. The molecular formula is C10H17N3O2. The van der Waals surface area contributed by atoms with E-state index in [2.05, 4.69) is 5.43 Å². The lowest BCUT2D eigenvalue weighted by atomic mass is 10.2. The minimum atomic E-state index is 0.510. The van der Waals surface area contributed by atoms with Gasteiger partial charge < -0.3 is 20.6 Å². The molecule has 84 valence electrons. The van der Waals surface area contributed by atoms with Gasteiger partial charge in [-0.2, -0.15) is 0 Å². The molecule has 5 N–H and O–H groups in total. The van der Waals surface area contributed by atoms with Gasteiger partial charge in [-0.1, -0.05) is 0 Å². The molecule has 0 spiro atoms. The van der Waals surface area contributed by atoms with Crippen molar-refractivity contribution >= 4 is 11.4 Å². The summed E-state index contributed by atoms with van der Waals surface area (Å²) in [5.74, 6) is 6.48. The summed E-state index contributed by atoms with van der Waals surface area (Å²) in [5.41, 5.74) is 9.54. The van der Waals surface area contributed by atoms with Crippen molar-refractivity contribution in [3.63, 3.8) is 0 Å². The molecule has 0 saturated heterocycles. The van der Waals surface area contributed by atoms with Crippen LogP contribution >= 0.6 is 0 Å². The zero-order chi connectivity index (χ0) is 11.3. The smallest absolute Gasteiger partial charge is 0.184 e. The first-order valence-electron chi connectivity index (χ1n) is 4.88. The van der Waals surface area contributed by atoms with Gasteiger partial charge in [0.05, 0.1) is 24.6 Å². The second-order valence-electron chi connectivity index (χ2n) is 2.90. The van der Waals surface area contributed by atoms with E-state index in [9.17, 15) is 0 Å². The van der Waals surface area contributed by atoms with E-state index in [4.69, 9.17) is 21.1 Å². The number of nitrogen functional groups attached to an aromatic ring is 2. The van der Waals surface area contributed by atoms with Crippen molar-refractivity contribution in [2.45, 2.75) is 13.8 Å². The molecule has 0 aliphatic carbocycles. The van der Waals surface area contributed by atoms with Crippen LogP contribution in [0.2, 0.25) is 0 Å². The number of hydrogen-bond acceptors (Lipinski definition) is 5. The molecule has 0 aliphatic heterocycles. The van der Waals surface area contributed by atoms with Crippen LogP contribution in [0.25, 0.3) is 0 Å². The van der Waals surface area contributed by atoms with Crippen LogP contribution in [0.5, 0.6) is 11.5 Å². The molecule has 5 heteroatoms. The minimum Gasteiger partial charge on any atom is -0.490 e. The molecule has 1 rings (SSSR count). The molecule has 0 fully saturated rings. The van der Waals surface area contributed by atoms with E-state index in [0.29, 0.717) is 36.1 Å². The van der Waals surface area contributed by atoms with Gasteiger partial charge in [0.1, 0.15) is 0 Å². The fourth-order valence-corrected chi connectivity index (χ4v) is 1.27. The fourth-order valence-electron chi connectivity index (χ4n) is 1.27. The van der Waals surface area contributed by atoms with Crippen LogP contribution in [0.3, 0.4) is 0 Å². The Bertz CT molecular complexity index is 329. The fraction of sp³-hybridized carbons (Fsp3) is 0.400. The van der Waals surface area contributed by atoms with Crippen molar-refractivity contribution in [2.24, 2.45) is 5.84 Å². The van der Waals surface area contributed by atoms with Crippen LogP contribution in [-0.4, -0.2) is 13.2 Å². The summed E-state index contributed by atoms with van der Waals surface area (Å²) in [6.07, 6.45) is 0. The van der Waals surface area contributed by atoms with Gasteiger partial charge in [-0.05, 0) is 19.9 Å². The van der Waals surface area contributed by atoms with E-state index in [1.807, 2.05) is 13.8 Å². The highest BCUT2D eigenvalue weighted by Gasteiger charge is 2.10. The summed E-state index contributed by atoms with van der Waals surface area (Å²) in [5, 5.41) is 0. The normalized spacial score (nSPS) is 9.80. The van der Waals surface area contributed by atoms with Gasteiger partial charge >= 0.3 is 0 Å². The molecule has 0 atom stereocenters. The predicted octanol–water partition coefficient (Wildman–Crippen LogP) is 1.35. The van der Waals surface area contributed by atoms with Crippen LogP contribution in [0, 0.1) is 0 Å². The maximum atomic E-state index is 5.81. The Labute approximate surface area is 89.3 Å². The molecule has 1 aromatic carbocycles. The average Bonchev–Trinajstić information content (AvgIpc) is 2.23. The van der Waals surface area contributed by atoms with Gasteiger partial charge in [-0.3, -0.25) is 5.84 Å². The van der Waals surface area contributed by atoms with Gasteiger partial charge in [0.25, 0.3) is 0 Å². The van der Waals surface area contributed by atoms with Crippen molar-refractivity contribution in [3.8, 4) is 11.5 Å². The Balaban J connectivity index is 3.10. The number of benzene rings is 1. The number of rotatable bonds is 5. The van der Waals surface area contributed by atoms with E-state index >= 15 is 0 Å². The lowest BCUT2D eigenvalue weighted by Crippen LogP contribution is -2.09. The highest BCUT2D eigenvalue weighted by Crippen LogP contribution is 2.36. The quantitative estimate of drug-likeness (QED) is 0.389. The molecule has 0 radical (unpaired) electrons. The summed E-state index contributed by atoms with van der Waals surface area (Å²) in [4.78, 5) is 0. The Morgan fingerprint density at radius 2 is 1.87 bits per heavy atom. The zero-order valence-electron chi connectivity index (χ0n) is 9.04. The molecule has 1 aromatic rings. The number of anilines is 2. The van der Waals surface area contributed by atoms with Crippen molar-refractivity contribution in [2.75, 3.05) is 24.4 Å². The molecule has 0 saturated carbocycles. The highest BCUT2D eigenvalue weighted by atomic mass is 16.5. The first-order valence-corrected chi connectivity index (χ1v) is 4.88. The zero-order valence-corrected chi connectivity index (χ0v) is 9.04. The second-order valence-corrected chi connectivity index (χ2v) is 2.90. The molecule has 15 heavy (non-hydrogen) atoms. The maximum Gasteiger partial charge on any atom is 0.184 e. The first kappa shape index (κ1) is 11.5. The largest absolute Gasteiger partial charge is 0.490 e. The minimum absolute atomic E-state index is 0.510. The van der Waals surface area contributed by atoms with E-state index < -0.39 is 0 Å². The lowest BCUT2D eigenvalue weighted by molar-refractivity contribution is 0.289. The molecule has 0 aromatic heterocycles. The predicted molar refractivity (Wildman–Crippen MR) is 61.0 cm³/mol. The van der Waals surface area contributed by atoms with Crippen LogP contribution in [0.1, 0.15) is 13.8 Å². The van der Waals surface area contributed by atoms with Gasteiger partial charge in [0.15, 0.2) is 11.5 Å². The number of nitrogens with two attached hydrogens (primary N) is 2. The second kappa shape index (κ2) is 5.31. The molecule has 5 nitrogen and oxygen atoms in total. The monoisotopic (exact) mass is 211 g/mol. The van der Waals surface area contributed by atoms with Crippen molar-refractivity contribution in [1.82, 2.24) is 0 Å². The summed E-state index contributed by atoms with van der Waals surface area (Å²) < 4.78 is 10.8. The number of ether oxygens (including phenoxy) is 2. The molecule has 0 unspecified atom stereocenters. The van der Waals surface area contributed by atoms with E-state index in [1.54, 1.807) is 12.1 Å². The number of nitrogens with one attached hydrogen (secondary N) is 1. The maximum absolute atomic E-state index is 5.81. The third kappa shape index (κ3) is 2.66. The standard InChI is InChI=1S/C10H17N3O2/c1-3-14-9-6-7(13-12)5-8(11)10(9)15-4-2/h5-6,13H,3-4,11-12H2,1-2H3. The van der Waals surface area contributed by atoms with Gasteiger partial charge in [0, 0.05) is 6.07 Å². The SMILES string of the molecule is CCOc1cc(NN)cc(N)c1OCC. The lowest BCUT2D eigenvalue weighted by Gasteiger charge is -2.14. The third-order valence-electron chi connectivity index (χ3n) is 1.84. The summed E-state index contributed by atoms with van der Waals surface area (Å²) >= 11 is 0. The van der Waals surface area contributed by atoms with Gasteiger partial charge in [-0.15, -0.1) is 0 Å². The van der Waals surface area contributed by atoms with E-state index in [1.165, 1.54) is 0 Å². The number of hydrazine groups is 1. The van der Waals surface area contributed by atoms with Crippen LogP contribution in [0.4, 0.5) is 11.4 Å². The van der Waals surface area contributed by atoms with E-state index in [-0.39, 0.29) is 0 Å². The molecule has 0 aliphatic rings. The molecule has 0 bridgehead atoms. The highest BCUT2D eigenvalue weighted by molar-refractivity contribution is 5.68. The number of hydrogen-bond donors (Lipinski definition) is 3. The summed E-state index contributed by atoms with van der Waals surface area (Å²) in [6, 6.07) is 3.46. The molecule has 0 amide bonds. The van der Waals surface area contributed by atoms with Crippen LogP contribution < -0.4 is 26.5 Å². The van der Waals surface area contributed by atoms with Crippen molar-refractivity contribution < 1.29 is 9.47 Å². The van der Waals surface area contributed by atoms with Crippen LogP contribution in [0.15, 0.2) is 12.1 Å². The van der Waals surface area contributed by atoms with Crippen molar-refractivity contribution in [3.05, 3.63) is 12.1 Å². The Hall–Kier alpha value is -1.62. The first-order chi connectivity index (χ1) is 7.22. The molecular weight excluding hydrogens is 194 g/mol. The molecule has 0 heterocycles. The summed E-state index contributed by atoms with van der Waals surface area (Å²) in [7, 11) is 0. The van der Waals surface area contributed by atoms with Crippen molar-refractivity contribution in [1.29, 1.82) is 0 Å². The van der Waals surface area contributed by atoms with E-state index in [0.717, 1.165) is 0 Å². The van der Waals surface area contributed by atoms with Crippen LogP contribution in [-0.2, 0) is 0 Å². The Morgan fingerprint density at radius 3 is 2.40 bits per heavy atom. The van der Waals surface area contributed by atoms with Gasteiger partial charge in [0.2, 0.25) is 0 Å². The van der Waals surface area contributed by atoms with Gasteiger partial charge in [-0.25, -0.2) is 0 Å². The Kier molecular flexibility index (Phi) is 4.05.